The smallest absolute Gasteiger partial charge is 0.272 e. The van der Waals surface area contributed by atoms with Crippen molar-refractivity contribution in [2.24, 2.45) is 5.41 Å². The van der Waals surface area contributed by atoms with E-state index in [1.807, 2.05) is 6.92 Å². The molecule has 1 aliphatic rings. The van der Waals surface area contributed by atoms with Crippen molar-refractivity contribution in [3.63, 3.8) is 0 Å². The lowest BCUT2D eigenvalue weighted by atomic mass is 9.78. The molecule has 0 saturated carbocycles. The molecule has 1 N–H and O–H groups in total. The Labute approximate surface area is 131 Å². The zero-order chi connectivity index (χ0) is 16.2. The van der Waals surface area contributed by atoms with Crippen LogP contribution in [0.5, 0.6) is 0 Å². The van der Waals surface area contributed by atoms with Crippen LogP contribution in [0.3, 0.4) is 0 Å². The number of ether oxygens (including phenoxy) is 1. The molecule has 1 saturated heterocycles. The second kappa shape index (κ2) is 7.15. The fourth-order valence-corrected chi connectivity index (χ4v) is 3.10. The summed E-state index contributed by atoms with van der Waals surface area (Å²) < 4.78 is 5.15. The van der Waals surface area contributed by atoms with E-state index in [0.717, 1.165) is 25.0 Å². The summed E-state index contributed by atoms with van der Waals surface area (Å²) in [5.41, 5.74) is 0.965. The van der Waals surface area contributed by atoms with Gasteiger partial charge in [-0.3, -0.25) is 4.79 Å². The Hall–Kier alpha value is -1.53. The highest BCUT2D eigenvalue weighted by atomic mass is 16.5. The number of aromatic nitrogens is 2. The first-order chi connectivity index (χ1) is 10.5. The van der Waals surface area contributed by atoms with Crippen LogP contribution in [0.25, 0.3) is 0 Å². The summed E-state index contributed by atoms with van der Waals surface area (Å²) in [6, 6.07) is 1.72. The summed E-state index contributed by atoms with van der Waals surface area (Å²) in [7, 11) is 1.66. The predicted molar refractivity (Wildman–Crippen MR) is 82.7 cm³/mol. The standard InChI is InChI=1S/C16H25N3O3/c1-12-9-14(18-13(2)17-12)15(21)19-7-4-5-16(10-19,11-20)6-8-22-3/h9,20H,4-8,10-11H2,1-3H3/t16-/m1/s1. The highest BCUT2D eigenvalue weighted by molar-refractivity contribution is 5.92. The van der Waals surface area contributed by atoms with Crippen molar-refractivity contribution < 1.29 is 14.6 Å². The SMILES string of the molecule is COCC[C@]1(CO)CCCN(C(=O)c2cc(C)nc(C)n2)C1. The zero-order valence-electron chi connectivity index (χ0n) is 13.6. The van der Waals surface area contributed by atoms with E-state index in [0.29, 0.717) is 31.2 Å². The molecule has 0 spiro atoms. The number of carbonyl (C=O) groups is 1. The van der Waals surface area contributed by atoms with Gasteiger partial charge in [-0.15, -0.1) is 0 Å². The van der Waals surface area contributed by atoms with Gasteiger partial charge in [0, 0.05) is 37.9 Å². The fraction of sp³-hybridized carbons (Fsp3) is 0.688. The first kappa shape index (κ1) is 16.8. The third-order valence-electron chi connectivity index (χ3n) is 4.31. The maximum Gasteiger partial charge on any atom is 0.272 e. The van der Waals surface area contributed by atoms with E-state index in [4.69, 9.17) is 4.74 Å². The molecule has 6 nitrogen and oxygen atoms in total. The van der Waals surface area contributed by atoms with E-state index >= 15 is 0 Å². The molecule has 1 atom stereocenters. The Bertz CT molecular complexity index is 515. The summed E-state index contributed by atoms with van der Waals surface area (Å²) in [6.45, 7) is 5.56. The second-order valence-electron chi connectivity index (χ2n) is 6.17. The molecule has 1 amide bonds. The average Bonchev–Trinajstić information content (AvgIpc) is 2.51. The van der Waals surface area contributed by atoms with Crippen molar-refractivity contribution in [1.29, 1.82) is 0 Å². The van der Waals surface area contributed by atoms with E-state index in [1.54, 1.807) is 25.0 Å². The number of carbonyl (C=O) groups excluding carboxylic acids is 1. The van der Waals surface area contributed by atoms with Crippen LogP contribution >= 0.6 is 0 Å². The first-order valence-electron chi connectivity index (χ1n) is 7.71. The van der Waals surface area contributed by atoms with Gasteiger partial charge in [0.25, 0.3) is 5.91 Å². The molecule has 0 unspecified atom stereocenters. The van der Waals surface area contributed by atoms with Gasteiger partial charge in [0.2, 0.25) is 0 Å². The summed E-state index contributed by atoms with van der Waals surface area (Å²) in [6.07, 6.45) is 2.56. The molecule has 2 heterocycles. The quantitative estimate of drug-likeness (QED) is 0.888. The Morgan fingerprint density at radius 3 is 2.86 bits per heavy atom. The van der Waals surface area contributed by atoms with Crippen molar-refractivity contribution in [2.75, 3.05) is 33.4 Å². The molecule has 1 aromatic rings. The van der Waals surface area contributed by atoms with Crippen LogP contribution in [-0.4, -0.2) is 59.3 Å². The normalized spacial score (nSPS) is 21.9. The van der Waals surface area contributed by atoms with Gasteiger partial charge >= 0.3 is 0 Å². The number of rotatable bonds is 5. The number of methoxy groups -OCH3 is 1. The van der Waals surface area contributed by atoms with E-state index in [-0.39, 0.29) is 17.9 Å². The van der Waals surface area contributed by atoms with Crippen LogP contribution in [0.1, 0.15) is 41.3 Å². The van der Waals surface area contributed by atoms with Gasteiger partial charge < -0.3 is 14.7 Å². The van der Waals surface area contributed by atoms with Gasteiger partial charge in [-0.1, -0.05) is 0 Å². The van der Waals surface area contributed by atoms with Crippen molar-refractivity contribution in [1.82, 2.24) is 14.9 Å². The lowest BCUT2D eigenvalue weighted by Crippen LogP contribution is -2.48. The van der Waals surface area contributed by atoms with Crippen LogP contribution in [0.4, 0.5) is 0 Å². The maximum absolute atomic E-state index is 12.7. The van der Waals surface area contributed by atoms with E-state index in [9.17, 15) is 9.90 Å². The number of aryl methyl sites for hydroxylation is 2. The van der Waals surface area contributed by atoms with Crippen LogP contribution in [-0.2, 0) is 4.74 Å². The molecule has 1 aromatic heterocycles. The topological polar surface area (TPSA) is 75.6 Å². The van der Waals surface area contributed by atoms with E-state index < -0.39 is 0 Å². The van der Waals surface area contributed by atoms with E-state index in [1.165, 1.54) is 0 Å². The summed E-state index contributed by atoms with van der Waals surface area (Å²) >= 11 is 0. The van der Waals surface area contributed by atoms with Gasteiger partial charge in [-0.05, 0) is 39.2 Å². The Morgan fingerprint density at radius 2 is 2.23 bits per heavy atom. The number of hydrogen-bond donors (Lipinski definition) is 1. The average molecular weight is 307 g/mol. The Balaban J connectivity index is 2.15. The minimum Gasteiger partial charge on any atom is -0.396 e. The second-order valence-corrected chi connectivity index (χ2v) is 6.17. The zero-order valence-corrected chi connectivity index (χ0v) is 13.6. The molecule has 0 aromatic carbocycles. The van der Waals surface area contributed by atoms with Crippen molar-refractivity contribution in [2.45, 2.75) is 33.1 Å². The number of aliphatic hydroxyl groups is 1. The van der Waals surface area contributed by atoms with E-state index in [2.05, 4.69) is 9.97 Å². The minimum absolute atomic E-state index is 0.0714. The molecule has 1 aliphatic heterocycles. The Kier molecular flexibility index (Phi) is 5.47. The van der Waals surface area contributed by atoms with Crippen LogP contribution in [0.2, 0.25) is 0 Å². The van der Waals surface area contributed by atoms with Crippen molar-refractivity contribution in [3.05, 3.63) is 23.3 Å². The monoisotopic (exact) mass is 307 g/mol. The molecule has 22 heavy (non-hydrogen) atoms. The molecular formula is C16H25N3O3. The van der Waals surface area contributed by atoms with Crippen LogP contribution in [0, 0.1) is 19.3 Å². The summed E-state index contributed by atoms with van der Waals surface area (Å²) in [4.78, 5) is 23.0. The lowest BCUT2D eigenvalue weighted by molar-refractivity contribution is 0.00871. The van der Waals surface area contributed by atoms with Gasteiger partial charge in [0.15, 0.2) is 0 Å². The van der Waals surface area contributed by atoms with Crippen molar-refractivity contribution in [3.8, 4) is 0 Å². The highest BCUT2D eigenvalue weighted by Crippen LogP contribution is 2.33. The number of aliphatic hydroxyl groups excluding tert-OH is 1. The molecule has 0 bridgehead atoms. The molecule has 1 fully saturated rings. The first-order valence-corrected chi connectivity index (χ1v) is 7.71. The molecule has 122 valence electrons. The highest BCUT2D eigenvalue weighted by Gasteiger charge is 2.37. The molecule has 2 rings (SSSR count). The van der Waals surface area contributed by atoms with Crippen LogP contribution < -0.4 is 0 Å². The Morgan fingerprint density at radius 1 is 1.45 bits per heavy atom. The summed E-state index contributed by atoms with van der Waals surface area (Å²) in [5.74, 6) is 0.525. The number of amides is 1. The molecule has 6 heteroatoms. The van der Waals surface area contributed by atoms with Crippen molar-refractivity contribution >= 4 is 5.91 Å². The number of hydrogen-bond acceptors (Lipinski definition) is 5. The van der Waals surface area contributed by atoms with Gasteiger partial charge in [0.1, 0.15) is 11.5 Å². The third-order valence-corrected chi connectivity index (χ3v) is 4.31. The maximum atomic E-state index is 12.7. The van der Waals surface area contributed by atoms with Crippen LogP contribution in [0.15, 0.2) is 6.07 Å². The molecule has 0 aliphatic carbocycles. The predicted octanol–water partition coefficient (Wildman–Crippen LogP) is 1.34. The fourth-order valence-electron chi connectivity index (χ4n) is 3.10. The van der Waals surface area contributed by atoms with Gasteiger partial charge in [-0.25, -0.2) is 9.97 Å². The minimum atomic E-state index is -0.263. The number of nitrogens with zero attached hydrogens (tertiary/aromatic N) is 3. The van der Waals surface area contributed by atoms with Gasteiger partial charge in [0.05, 0.1) is 6.61 Å². The number of likely N-dealkylation sites (tertiary alicyclic amines) is 1. The number of piperidine rings is 1. The van der Waals surface area contributed by atoms with Gasteiger partial charge in [-0.2, -0.15) is 0 Å². The largest absolute Gasteiger partial charge is 0.396 e. The summed E-state index contributed by atoms with van der Waals surface area (Å²) in [5, 5.41) is 9.81. The lowest BCUT2D eigenvalue weighted by Gasteiger charge is -2.41. The third kappa shape index (κ3) is 3.81. The molecular weight excluding hydrogens is 282 g/mol. The molecule has 0 radical (unpaired) electrons.